The molecule has 0 radical (unpaired) electrons. The molecule has 6 nitrogen and oxygen atoms in total. The van der Waals surface area contributed by atoms with Crippen LogP contribution in [-0.4, -0.2) is 64.7 Å². The van der Waals surface area contributed by atoms with Crippen molar-refractivity contribution in [2.24, 2.45) is 0 Å². The maximum atomic E-state index is 12.4. The second kappa shape index (κ2) is 6.93. The van der Waals surface area contributed by atoms with Crippen molar-refractivity contribution < 1.29 is 14.7 Å². The summed E-state index contributed by atoms with van der Waals surface area (Å²) >= 11 is 0. The Kier molecular flexibility index (Phi) is 5.22. The third-order valence-electron chi connectivity index (χ3n) is 4.45. The van der Waals surface area contributed by atoms with Gasteiger partial charge in [0.05, 0.1) is 0 Å². The molecule has 0 aliphatic carbocycles. The monoisotopic (exact) mass is 295 g/mol. The Morgan fingerprint density at radius 2 is 2.19 bits per heavy atom. The maximum Gasteiger partial charge on any atom is 0.326 e. The van der Waals surface area contributed by atoms with Gasteiger partial charge in [0.15, 0.2) is 0 Å². The van der Waals surface area contributed by atoms with Gasteiger partial charge < -0.3 is 15.3 Å². The number of carbonyl (C=O) groups excluding carboxylic acids is 1. The number of carbonyl (C=O) groups is 2. The van der Waals surface area contributed by atoms with Crippen LogP contribution in [0.25, 0.3) is 0 Å². The zero-order chi connectivity index (χ0) is 15.4. The molecule has 118 valence electrons. The van der Waals surface area contributed by atoms with Crippen LogP contribution >= 0.6 is 0 Å². The van der Waals surface area contributed by atoms with Crippen molar-refractivity contribution in [2.75, 3.05) is 19.6 Å². The van der Waals surface area contributed by atoms with Crippen LogP contribution in [0.4, 0.5) is 4.79 Å². The van der Waals surface area contributed by atoms with E-state index >= 15 is 0 Å². The maximum absolute atomic E-state index is 12.4. The van der Waals surface area contributed by atoms with Crippen LogP contribution in [0.1, 0.15) is 32.6 Å². The molecule has 0 aromatic heterocycles. The first-order valence-corrected chi connectivity index (χ1v) is 7.67. The Morgan fingerprint density at radius 3 is 2.86 bits per heavy atom. The number of fused-ring (bicyclic) bond motifs is 1. The van der Waals surface area contributed by atoms with Gasteiger partial charge in [0.25, 0.3) is 0 Å². The molecule has 2 N–H and O–H groups in total. The fourth-order valence-corrected chi connectivity index (χ4v) is 3.26. The Hall–Kier alpha value is -1.56. The molecular weight excluding hydrogens is 270 g/mol. The number of rotatable bonds is 4. The zero-order valence-corrected chi connectivity index (χ0v) is 12.6. The molecule has 0 aromatic carbocycles. The summed E-state index contributed by atoms with van der Waals surface area (Å²) in [4.78, 5) is 27.7. The number of piperazine rings is 1. The lowest BCUT2D eigenvalue weighted by atomic mass is 9.97. The highest BCUT2D eigenvalue weighted by molar-refractivity contribution is 5.83. The molecule has 2 amide bonds. The molecule has 2 heterocycles. The number of hydrogen-bond acceptors (Lipinski definition) is 3. The number of carboxylic acid groups (broad SMARTS) is 1. The van der Waals surface area contributed by atoms with E-state index in [0.29, 0.717) is 12.6 Å². The Labute approximate surface area is 125 Å². The van der Waals surface area contributed by atoms with Gasteiger partial charge in [-0.15, -0.1) is 6.58 Å². The summed E-state index contributed by atoms with van der Waals surface area (Å²) in [5, 5.41) is 11.7. The SMILES string of the molecule is C=CCC(NC(=O)N1CC2CCCCN2CC1C)C(=O)O. The van der Waals surface area contributed by atoms with E-state index in [-0.39, 0.29) is 18.5 Å². The second-order valence-electron chi connectivity index (χ2n) is 6.01. The first-order valence-electron chi connectivity index (χ1n) is 7.67. The molecule has 3 atom stereocenters. The summed E-state index contributed by atoms with van der Waals surface area (Å²) in [7, 11) is 0. The Balaban J connectivity index is 1.97. The molecule has 0 spiro atoms. The molecule has 2 aliphatic heterocycles. The first kappa shape index (κ1) is 15.8. The number of carboxylic acids is 1. The molecule has 6 heteroatoms. The fraction of sp³-hybridized carbons (Fsp3) is 0.733. The molecule has 3 unspecified atom stereocenters. The summed E-state index contributed by atoms with van der Waals surface area (Å²) < 4.78 is 0. The summed E-state index contributed by atoms with van der Waals surface area (Å²) in [6.45, 7) is 8.23. The molecule has 2 rings (SSSR count). The van der Waals surface area contributed by atoms with E-state index in [0.717, 1.165) is 19.5 Å². The number of nitrogens with one attached hydrogen (secondary N) is 1. The highest BCUT2D eigenvalue weighted by Gasteiger charge is 2.36. The lowest BCUT2D eigenvalue weighted by Crippen LogP contribution is -2.62. The minimum atomic E-state index is -1.02. The minimum absolute atomic E-state index is 0.109. The van der Waals surface area contributed by atoms with Crippen molar-refractivity contribution in [1.82, 2.24) is 15.1 Å². The quantitative estimate of drug-likeness (QED) is 0.766. The molecule has 0 saturated carbocycles. The van der Waals surface area contributed by atoms with Crippen molar-refractivity contribution in [2.45, 2.75) is 50.7 Å². The molecular formula is C15H25N3O3. The van der Waals surface area contributed by atoms with Gasteiger partial charge in [-0.05, 0) is 32.7 Å². The summed E-state index contributed by atoms with van der Waals surface area (Å²) in [6.07, 6.45) is 5.31. The smallest absolute Gasteiger partial charge is 0.326 e. The number of nitrogens with zero attached hydrogens (tertiary/aromatic N) is 2. The lowest BCUT2D eigenvalue weighted by Gasteiger charge is -2.47. The summed E-state index contributed by atoms with van der Waals surface area (Å²) in [6, 6.07) is -0.644. The molecule has 2 saturated heterocycles. The van der Waals surface area contributed by atoms with Gasteiger partial charge in [-0.1, -0.05) is 12.5 Å². The topological polar surface area (TPSA) is 72.9 Å². The van der Waals surface area contributed by atoms with Crippen LogP contribution in [0.3, 0.4) is 0 Å². The van der Waals surface area contributed by atoms with Crippen LogP contribution in [0.15, 0.2) is 12.7 Å². The van der Waals surface area contributed by atoms with Crippen molar-refractivity contribution in [1.29, 1.82) is 0 Å². The zero-order valence-electron chi connectivity index (χ0n) is 12.6. The van der Waals surface area contributed by atoms with E-state index in [1.54, 1.807) is 4.90 Å². The van der Waals surface area contributed by atoms with Crippen molar-refractivity contribution in [3.63, 3.8) is 0 Å². The molecule has 0 bridgehead atoms. The fourth-order valence-electron chi connectivity index (χ4n) is 3.26. The Morgan fingerprint density at radius 1 is 1.43 bits per heavy atom. The normalized spacial score (nSPS) is 27.6. The van der Waals surface area contributed by atoms with E-state index in [4.69, 9.17) is 5.11 Å². The van der Waals surface area contributed by atoms with Crippen molar-refractivity contribution >= 4 is 12.0 Å². The third kappa shape index (κ3) is 3.75. The van der Waals surface area contributed by atoms with Gasteiger partial charge >= 0.3 is 12.0 Å². The van der Waals surface area contributed by atoms with Crippen molar-refractivity contribution in [3.05, 3.63) is 12.7 Å². The van der Waals surface area contributed by atoms with Crippen LogP contribution in [0.2, 0.25) is 0 Å². The van der Waals surface area contributed by atoms with Gasteiger partial charge in [0.2, 0.25) is 0 Å². The molecule has 2 fully saturated rings. The van der Waals surface area contributed by atoms with E-state index in [9.17, 15) is 9.59 Å². The van der Waals surface area contributed by atoms with Gasteiger partial charge in [-0.25, -0.2) is 9.59 Å². The van der Waals surface area contributed by atoms with E-state index < -0.39 is 12.0 Å². The van der Waals surface area contributed by atoms with Crippen LogP contribution < -0.4 is 5.32 Å². The van der Waals surface area contributed by atoms with Gasteiger partial charge in [-0.2, -0.15) is 0 Å². The average Bonchev–Trinajstić information content (AvgIpc) is 2.45. The number of urea groups is 1. The van der Waals surface area contributed by atoms with E-state index in [2.05, 4.69) is 16.8 Å². The third-order valence-corrected chi connectivity index (χ3v) is 4.45. The van der Waals surface area contributed by atoms with E-state index in [1.807, 2.05) is 6.92 Å². The van der Waals surface area contributed by atoms with Gasteiger partial charge in [0, 0.05) is 25.2 Å². The van der Waals surface area contributed by atoms with Crippen molar-refractivity contribution in [3.8, 4) is 0 Å². The molecule has 0 aromatic rings. The predicted octanol–water partition coefficient (Wildman–Crippen LogP) is 1.28. The van der Waals surface area contributed by atoms with Gasteiger partial charge in [-0.3, -0.25) is 4.90 Å². The van der Waals surface area contributed by atoms with E-state index in [1.165, 1.54) is 18.9 Å². The predicted molar refractivity (Wildman–Crippen MR) is 80.1 cm³/mol. The number of aliphatic carboxylic acids is 1. The first-order chi connectivity index (χ1) is 10.0. The highest BCUT2D eigenvalue weighted by Crippen LogP contribution is 2.24. The minimum Gasteiger partial charge on any atom is -0.480 e. The summed E-state index contributed by atoms with van der Waals surface area (Å²) in [5.74, 6) is -1.02. The second-order valence-corrected chi connectivity index (χ2v) is 6.01. The highest BCUT2D eigenvalue weighted by atomic mass is 16.4. The van der Waals surface area contributed by atoms with Crippen LogP contribution in [0, 0.1) is 0 Å². The average molecular weight is 295 g/mol. The lowest BCUT2D eigenvalue weighted by molar-refractivity contribution is -0.139. The Bertz CT molecular complexity index is 413. The summed E-state index contributed by atoms with van der Waals surface area (Å²) in [5.41, 5.74) is 0. The largest absolute Gasteiger partial charge is 0.480 e. The standard InChI is InChI=1S/C15H25N3O3/c1-3-6-13(14(19)20)16-15(21)18-10-12-7-4-5-8-17(12)9-11(18)2/h3,11-13H,1,4-10H2,2H3,(H,16,21)(H,19,20). The van der Waals surface area contributed by atoms with Crippen LogP contribution in [-0.2, 0) is 4.79 Å². The number of piperidine rings is 1. The number of hydrogen-bond donors (Lipinski definition) is 2. The number of amides is 2. The van der Waals surface area contributed by atoms with Crippen LogP contribution in [0.5, 0.6) is 0 Å². The van der Waals surface area contributed by atoms with Gasteiger partial charge in [0.1, 0.15) is 6.04 Å². The molecule has 2 aliphatic rings. The molecule has 21 heavy (non-hydrogen) atoms.